The number of hydrogen-bond donors (Lipinski definition) is 1. The highest BCUT2D eigenvalue weighted by molar-refractivity contribution is 6.06. The molecule has 1 aromatic carbocycles. The fourth-order valence-corrected chi connectivity index (χ4v) is 2.33. The van der Waals surface area contributed by atoms with E-state index in [9.17, 15) is 18.4 Å². The van der Waals surface area contributed by atoms with Gasteiger partial charge in [0.2, 0.25) is 11.8 Å². The standard InChI is InChI=1S/C13H12F2N2O2/c14-8-3-9(15)5-10(4-8)17-6-11(18)16-12(13(17)19)7-1-2-7/h3-5,7,12H,1-2,6H2,(H,16,18). The first kappa shape index (κ1) is 12.1. The first-order chi connectivity index (χ1) is 9.04. The molecule has 0 bridgehead atoms. The maximum atomic E-state index is 13.2. The summed E-state index contributed by atoms with van der Waals surface area (Å²) in [5, 5.41) is 2.64. The maximum Gasteiger partial charge on any atom is 0.250 e. The zero-order valence-electron chi connectivity index (χ0n) is 10.0. The van der Waals surface area contributed by atoms with Crippen molar-refractivity contribution in [3.63, 3.8) is 0 Å². The van der Waals surface area contributed by atoms with Gasteiger partial charge in [-0.15, -0.1) is 0 Å². The van der Waals surface area contributed by atoms with Gasteiger partial charge in [-0.2, -0.15) is 0 Å². The molecule has 1 aliphatic carbocycles. The average Bonchev–Trinajstić information content (AvgIpc) is 3.14. The highest BCUT2D eigenvalue weighted by Crippen LogP contribution is 2.35. The predicted octanol–water partition coefficient (Wildman–Crippen LogP) is 1.21. The molecule has 2 fully saturated rings. The third-order valence-electron chi connectivity index (χ3n) is 3.40. The Morgan fingerprint density at radius 2 is 1.74 bits per heavy atom. The Bertz CT molecular complexity index is 537. The molecule has 100 valence electrons. The highest BCUT2D eigenvalue weighted by atomic mass is 19.1. The smallest absolute Gasteiger partial charge is 0.250 e. The van der Waals surface area contributed by atoms with E-state index in [4.69, 9.17) is 0 Å². The molecule has 1 heterocycles. The Labute approximate surface area is 108 Å². The van der Waals surface area contributed by atoms with Crippen molar-refractivity contribution >= 4 is 17.5 Å². The summed E-state index contributed by atoms with van der Waals surface area (Å²) < 4.78 is 26.4. The third-order valence-corrected chi connectivity index (χ3v) is 3.40. The van der Waals surface area contributed by atoms with Crippen LogP contribution in [0.2, 0.25) is 0 Å². The SMILES string of the molecule is O=C1CN(c2cc(F)cc(F)c2)C(=O)C(C2CC2)N1. The molecule has 1 unspecified atom stereocenters. The predicted molar refractivity (Wildman–Crippen MR) is 63.4 cm³/mol. The average molecular weight is 266 g/mol. The number of hydrogen-bond acceptors (Lipinski definition) is 2. The lowest BCUT2D eigenvalue weighted by Gasteiger charge is -2.32. The van der Waals surface area contributed by atoms with Crippen molar-refractivity contribution in [1.29, 1.82) is 0 Å². The van der Waals surface area contributed by atoms with E-state index in [1.54, 1.807) is 0 Å². The number of halogens is 2. The fraction of sp³-hybridized carbons (Fsp3) is 0.385. The van der Waals surface area contributed by atoms with Gasteiger partial charge in [-0.1, -0.05) is 0 Å². The molecule has 2 amide bonds. The summed E-state index contributed by atoms with van der Waals surface area (Å²) in [5.41, 5.74) is 0.0861. The molecule has 1 aromatic rings. The van der Waals surface area contributed by atoms with E-state index in [1.807, 2.05) is 0 Å². The van der Waals surface area contributed by atoms with Crippen molar-refractivity contribution in [3.05, 3.63) is 29.8 Å². The summed E-state index contributed by atoms with van der Waals surface area (Å²) in [7, 11) is 0. The minimum absolute atomic E-state index is 0.0861. The monoisotopic (exact) mass is 266 g/mol. The number of rotatable bonds is 2. The van der Waals surface area contributed by atoms with Crippen LogP contribution < -0.4 is 10.2 Å². The quantitative estimate of drug-likeness (QED) is 0.874. The van der Waals surface area contributed by atoms with E-state index >= 15 is 0 Å². The Balaban J connectivity index is 1.93. The van der Waals surface area contributed by atoms with Crippen LogP contribution in [0.3, 0.4) is 0 Å². The molecule has 0 radical (unpaired) electrons. The van der Waals surface area contributed by atoms with Crippen LogP contribution in [0.5, 0.6) is 0 Å². The molecular formula is C13H12F2N2O2. The summed E-state index contributed by atoms with van der Waals surface area (Å²) in [5.74, 6) is -1.99. The first-order valence-corrected chi connectivity index (χ1v) is 6.11. The van der Waals surface area contributed by atoms with E-state index in [0.29, 0.717) is 0 Å². The number of nitrogens with one attached hydrogen (secondary N) is 1. The van der Waals surface area contributed by atoms with Gasteiger partial charge in [0.25, 0.3) is 0 Å². The molecular weight excluding hydrogens is 254 g/mol. The van der Waals surface area contributed by atoms with Crippen LogP contribution in [-0.4, -0.2) is 24.4 Å². The molecule has 4 nitrogen and oxygen atoms in total. The molecule has 1 saturated carbocycles. The van der Waals surface area contributed by atoms with Gasteiger partial charge in [0.15, 0.2) is 0 Å². The van der Waals surface area contributed by atoms with Crippen LogP contribution in [0.25, 0.3) is 0 Å². The second-order valence-electron chi connectivity index (χ2n) is 4.93. The Hall–Kier alpha value is -1.98. The van der Waals surface area contributed by atoms with E-state index in [-0.39, 0.29) is 30.0 Å². The number of anilines is 1. The lowest BCUT2D eigenvalue weighted by atomic mass is 10.1. The van der Waals surface area contributed by atoms with Crippen LogP contribution >= 0.6 is 0 Å². The van der Waals surface area contributed by atoms with Gasteiger partial charge >= 0.3 is 0 Å². The Kier molecular flexibility index (Phi) is 2.73. The Morgan fingerprint density at radius 1 is 1.11 bits per heavy atom. The lowest BCUT2D eigenvalue weighted by Crippen LogP contribution is -2.59. The highest BCUT2D eigenvalue weighted by Gasteiger charge is 2.43. The Morgan fingerprint density at radius 3 is 2.32 bits per heavy atom. The summed E-state index contributed by atoms with van der Waals surface area (Å²) >= 11 is 0. The van der Waals surface area contributed by atoms with Crippen molar-refractivity contribution in [1.82, 2.24) is 5.32 Å². The lowest BCUT2D eigenvalue weighted by molar-refractivity contribution is -0.131. The van der Waals surface area contributed by atoms with Crippen LogP contribution in [-0.2, 0) is 9.59 Å². The van der Waals surface area contributed by atoms with E-state index < -0.39 is 17.7 Å². The maximum absolute atomic E-state index is 13.2. The van der Waals surface area contributed by atoms with Gasteiger partial charge < -0.3 is 10.2 Å². The van der Waals surface area contributed by atoms with Crippen molar-refractivity contribution < 1.29 is 18.4 Å². The normalized spacial score (nSPS) is 23.5. The van der Waals surface area contributed by atoms with E-state index in [0.717, 1.165) is 35.9 Å². The van der Waals surface area contributed by atoms with E-state index in [1.165, 1.54) is 0 Å². The molecule has 19 heavy (non-hydrogen) atoms. The second kappa shape index (κ2) is 4.29. The van der Waals surface area contributed by atoms with Crippen molar-refractivity contribution in [2.75, 3.05) is 11.4 Å². The summed E-state index contributed by atoms with van der Waals surface area (Å²) in [6.07, 6.45) is 1.78. The molecule has 1 aliphatic heterocycles. The number of nitrogens with zero attached hydrogens (tertiary/aromatic N) is 1. The van der Waals surface area contributed by atoms with Gasteiger partial charge in [-0.05, 0) is 30.9 Å². The van der Waals surface area contributed by atoms with Crippen molar-refractivity contribution in [3.8, 4) is 0 Å². The van der Waals surface area contributed by atoms with Crippen molar-refractivity contribution in [2.45, 2.75) is 18.9 Å². The largest absolute Gasteiger partial charge is 0.342 e. The zero-order chi connectivity index (χ0) is 13.6. The summed E-state index contributed by atoms with van der Waals surface area (Å²) in [6.45, 7) is -0.203. The summed E-state index contributed by atoms with van der Waals surface area (Å²) in [4.78, 5) is 25.0. The minimum Gasteiger partial charge on any atom is -0.342 e. The van der Waals surface area contributed by atoms with Crippen LogP contribution in [0.1, 0.15) is 12.8 Å². The molecule has 3 rings (SSSR count). The molecule has 1 saturated heterocycles. The van der Waals surface area contributed by atoms with Gasteiger partial charge in [0.1, 0.15) is 24.2 Å². The van der Waals surface area contributed by atoms with Crippen molar-refractivity contribution in [2.24, 2.45) is 5.92 Å². The molecule has 1 atom stereocenters. The van der Waals surface area contributed by atoms with E-state index in [2.05, 4.69) is 5.32 Å². The van der Waals surface area contributed by atoms with Gasteiger partial charge in [-0.3, -0.25) is 9.59 Å². The van der Waals surface area contributed by atoms with Crippen LogP contribution in [0, 0.1) is 17.6 Å². The van der Waals surface area contributed by atoms with Gasteiger partial charge in [-0.25, -0.2) is 8.78 Å². The number of piperazine rings is 1. The first-order valence-electron chi connectivity index (χ1n) is 6.11. The van der Waals surface area contributed by atoms with Crippen LogP contribution in [0.4, 0.5) is 14.5 Å². The van der Waals surface area contributed by atoms with Gasteiger partial charge in [0.05, 0.1) is 5.69 Å². The summed E-state index contributed by atoms with van der Waals surface area (Å²) in [6, 6.07) is 2.29. The third kappa shape index (κ3) is 2.30. The molecule has 0 aromatic heterocycles. The van der Waals surface area contributed by atoms with Crippen LogP contribution in [0.15, 0.2) is 18.2 Å². The molecule has 0 spiro atoms. The second-order valence-corrected chi connectivity index (χ2v) is 4.93. The number of amides is 2. The molecule has 2 aliphatic rings. The van der Waals surface area contributed by atoms with Gasteiger partial charge in [0, 0.05) is 6.07 Å². The zero-order valence-corrected chi connectivity index (χ0v) is 10.0. The topological polar surface area (TPSA) is 49.4 Å². The molecule has 1 N–H and O–H groups in total. The number of benzene rings is 1. The molecule has 6 heteroatoms. The number of carbonyl (C=O) groups is 2. The minimum atomic E-state index is -0.767. The number of carbonyl (C=O) groups excluding carboxylic acids is 2. The fourth-order valence-electron chi connectivity index (χ4n) is 2.33.